The molecule has 0 aliphatic heterocycles. The molecule has 0 aliphatic carbocycles. The van der Waals surface area contributed by atoms with Crippen LogP contribution < -0.4 is 10.5 Å². The first-order valence-electron chi connectivity index (χ1n) is 8.67. The highest BCUT2D eigenvalue weighted by atomic mass is 19.4. The van der Waals surface area contributed by atoms with Crippen LogP contribution in [0.2, 0.25) is 0 Å². The lowest BCUT2D eigenvalue weighted by atomic mass is 10.1. The van der Waals surface area contributed by atoms with Crippen molar-refractivity contribution in [3.63, 3.8) is 0 Å². The molecule has 0 unspecified atom stereocenters. The highest BCUT2D eigenvalue weighted by Gasteiger charge is 2.41. The molecule has 9 heteroatoms. The Hall–Kier alpha value is -3.75. The van der Waals surface area contributed by atoms with E-state index in [4.69, 9.17) is 10.5 Å². The van der Waals surface area contributed by atoms with Crippen LogP contribution in [0.5, 0.6) is 5.88 Å². The Morgan fingerprint density at radius 1 is 1.00 bits per heavy atom. The summed E-state index contributed by atoms with van der Waals surface area (Å²) >= 11 is 0. The number of nitrogens with one attached hydrogen (secondary N) is 1. The lowest BCUT2D eigenvalue weighted by Crippen LogP contribution is -2.08. The lowest BCUT2D eigenvalue weighted by Gasteiger charge is -2.12. The van der Waals surface area contributed by atoms with Crippen LogP contribution >= 0.6 is 0 Å². The average Bonchev–Trinajstić information content (AvgIpc) is 3.30. The molecule has 2 aromatic heterocycles. The summed E-state index contributed by atoms with van der Waals surface area (Å²) in [5.41, 5.74) is 5.74. The van der Waals surface area contributed by atoms with Gasteiger partial charge in [0.2, 0.25) is 5.88 Å². The molecule has 148 valence electrons. The fourth-order valence-electron chi connectivity index (χ4n) is 2.95. The van der Waals surface area contributed by atoms with Gasteiger partial charge in [-0.05, 0) is 17.7 Å². The molecule has 0 bridgehead atoms. The number of aromatic nitrogens is 4. The fraction of sp³-hybridized carbons (Fsp3) is 0.100. The first kappa shape index (κ1) is 18.6. The van der Waals surface area contributed by atoms with Crippen molar-refractivity contribution in [3.8, 4) is 22.7 Å². The second-order valence-electron chi connectivity index (χ2n) is 6.23. The number of nitrogens with zero attached hydrogens (tertiary/aromatic N) is 3. The number of alkyl halides is 3. The van der Waals surface area contributed by atoms with E-state index in [-0.39, 0.29) is 29.4 Å². The Labute approximate surface area is 163 Å². The zero-order valence-electron chi connectivity index (χ0n) is 15.0. The van der Waals surface area contributed by atoms with Gasteiger partial charge in [0.05, 0.1) is 16.8 Å². The van der Waals surface area contributed by atoms with E-state index in [1.165, 1.54) is 6.20 Å². The van der Waals surface area contributed by atoms with Crippen LogP contribution in [0.4, 0.5) is 19.0 Å². The van der Waals surface area contributed by atoms with Gasteiger partial charge in [0.25, 0.3) is 0 Å². The van der Waals surface area contributed by atoms with Crippen molar-refractivity contribution in [1.29, 1.82) is 0 Å². The molecule has 4 aromatic rings. The van der Waals surface area contributed by atoms with Crippen LogP contribution in [0, 0.1) is 0 Å². The van der Waals surface area contributed by atoms with E-state index in [0.29, 0.717) is 5.69 Å². The minimum atomic E-state index is -4.72. The van der Waals surface area contributed by atoms with Crippen molar-refractivity contribution in [2.75, 3.05) is 5.73 Å². The number of rotatable bonds is 5. The van der Waals surface area contributed by atoms with Crippen molar-refractivity contribution in [1.82, 2.24) is 20.0 Å². The molecule has 0 saturated carbocycles. The Bertz CT molecular complexity index is 1100. The molecule has 0 amide bonds. The summed E-state index contributed by atoms with van der Waals surface area (Å²) in [6.45, 7) is 0.0570. The van der Waals surface area contributed by atoms with Crippen molar-refractivity contribution in [2.24, 2.45) is 0 Å². The van der Waals surface area contributed by atoms with E-state index in [2.05, 4.69) is 15.3 Å². The molecule has 6 nitrogen and oxygen atoms in total. The number of anilines is 1. The first-order chi connectivity index (χ1) is 13.9. The highest BCUT2D eigenvalue weighted by molar-refractivity contribution is 5.80. The first-order valence-corrected chi connectivity index (χ1v) is 8.67. The zero-order valence-corrected chi connectivity index (χ0v) is 15.0. The maximum Gasteiger partial charge on any atom is 0.435 e. The van der Waals surface area contributed by atoms with Crippen LogP contribution in [-0.2, 0) is 12.8 Å². The molecule has 4 rings (SSSR count). The topological polar surface area (TPSA) is 81.8 Å². The molecular weight excluding hydrogens is 383 g/mol. The van der Waals surface area contributed by atoms with Gasteiger partial charge in [-0.3, -0.25) is 5.10 Å². The lowest BCUT2D eigenvalue weighted by molar-refractivity contribution is -0.140. The standard InChI is InChI=1S/C20H16F3N5O/c21-20(22,23)17-16(15-11-25-26-18(15)24)19(29-12-13-7-3-1-4-8-13)28(27-17)14-9-5-2-6-10-14/h1-11H,12H2,(H3,24,25,26). The van der Waals surface area contributed by atoms with E-state index in [0.717, 1.165) is 10.2 Å². The minimum Gasteiger partial charge on any atom is -0.472 e. The third-order valence-corrected chi connectivity index (χ3v) is 4.27. The number of ether oxygens (including phenoxy) is 1. The van der Waals surface area contributed by atoms with Gasteiger partial charge in [-0.1, -0.05) is 48.5 Å². The molecule has 0 radical (unpaired) electrons. The van der Waals surface area contributed by atoms with Gasteiger partial charge in [0.1, 0.15) is 6.61 Å². The number of H-pyrrole nitrogens is 1. The van der Waals surface area contributed by atoms with Crippen LogP contribution in [0.25, 0.3) is 16.8 Å². The van der Waals surface area contributed by atoms with E-state index in [1.807, 2.05) is 30.3 Å². The molecule has 3 N–H and O–H groups in total. The summed E-state index contributed by atoms with van der Waals surface area (Å²) in [6.07, 6.45) is -3.42. The third-order valence-electron chi connectivity index (χ3n) is 4.27. The molecule has 2 heterocycles. The fourth-order valence-corrected chi connectivity index (χ4v) is 2.95. The molecule has 0 fully saturated rings. The predicted molar refractivity (Wildman–Crippen MR) is 101 cm³/mol. The number of hydrogen-bond acceptors (Lipinski definition) is 4. The van der Waals surface area contributed by atoms with Crippen molar-refractivity contribution < 1.29 is 17.9 Å². The average molecular weight is 399 g/mol. The minimum absolute atomic E-state index is 0.0570. The van der Waals surface area contributed by atoms with Crippen molar-refractivity contribution in [3.05, 3.63) is 78.1 Å². The largest absolute Gasteiger partial charge is 0.472 e. The van der Waals surface area contributed by atoms with E-state index in [9.17, 15) is 13.2 Å². The summed E-state index contributed by atoms with van der Waals surface area (Å²) < 4.78 is 48.5. The number of halogens is 3. The molecule has 0 saturated heterocycles. The van der Waals surface area contributed by atoms with Crippen LogP contribution in [-0.4, -0.2) is 20.0 Å². The SMILES string of the molecule is Nc1n[nH]cc1-c1c(C(F)(F)F)nn(-c2ccccc2)c1OCc1ccccc1. The quantitative estimate of drug-likeness (QED) is 0.520. The van der Waals surface area contributed by atoms with E-state index in [1.54, 1.807) is 30.3 Å². The van der Waals surface area contributed by atoms with Gasteiger partial charge in [0, 0.05) is 6.20 Å². The van der Waals surface area contributed by atoms with Crippen molar-refractivity contribution >= 4 is 5.82 Å². The van der Waals surface area contributed by atoms with Crippen LogP contribution in [0.3, 0.4) is 0 Å². The van der Waals surface area contributed by atoms with Gasteiger partial charge in [-0.2, -0.15) is 28.1 Å². The Balaban J connectivity index is 1.91. The molecule has 0 aliphatic rings. The van der Waals surface area contributed by atoms with Gasteiger partial charge < -0.3 is 10.5 Å². The normalized spacial score (nSPS) is 11.6. The number of aromatic amines is 1. The summed E-state index contributed by atoms with van der Waals surface area (Å²) in [6, 6.07) is 17.6. The second-order valence-corrected chi connectivity index (χ2v) is 6.23. The van der Waals surface area contributed by atoms with E-state index < -0.39 is 11.9 Å². The second kappa shape index (κ2) is 7.34. The van der Waals surface area contributed by atoms with Crippen LogP contribution in [0.15, 0.2) is 66.9 Å². The van der Waals surface area contributed by atoms with E-state index >= 15 is 0 Å². The molecule has 2 aromatic carbocycles. The number of nitrogens with two attached hydrogens (primary N) is 1. The Morgan fingerprint density at radius 2 is 1.66 bits per heavy atom. The Kier molecular flexibility index (Phi) is 4.71. The number of benzene rings is 2. The summed E-state index contributed by atoms with van der Waals surface area (Å²) in [4.78, 5) is 0. The summed E-state index contributed by atoms with van der Waals surface area (Å²) in [5.74, 6) is -0.145. The Morgan fingerprint density at radius 3 is 2.24 bits per heavy atom. The van der Waals surface area contributed by atoms with Gasteiger partial charge in [-0.25, -0.2) is 0 Å². The smallest absolute Gasteiger partial charge is 0.435 e. The summed E-state index contributed by atoms with van der Waals surface area (Å²) in [5, 5.41) is 10.1. The molecular formula is C20H16F3N5O. The number of para-hydroxylation sites is 1. The van der Waals surface area contributed by atoms with Gasteiger partial charge in [-0.15, -0.1) is 0 Å². The molecule has 29 heavy (non-hydrogen) atoms. The van der Waals surface area contributed by atoms with Crippen molar-refractivity contribution in [2.45, 2.75) is 12.8 Å². The number of nitrogen functional groups attached to an aromatic ring is 1. The monoisotopic (exact) mass is 399 g/mol. The molecule has 0 atom stereocenters. The highest BCUT2D eigenvalue weighted by Crippen LogP contribution is 2.44. The van der Waals surface area contributed by atoms with Gasteiger partial charge >= 0.3 is 6.18 Å². The maximum atomic E-state index is 13.8. The van der Waals surface area contributed by atoms with Crippen LogP contribution in [0.1, 0.15) is 11.3 Å². The van der Waals surface area contributed by atoms with Gasteiger partial charge in [0.15, 0.2) is 11.5 Å². The summed E-state index contributed by atoms with van der Waals surface area (Å²) in [7, 11) is 0. The predicted octanol–water partition coefficient (Wildman–Crippen LogP) is 4.44. The molecule has 0 spiro atoms. The zero-order chi connectivity index (χ0) is 20.4. The number of hydrogen-bond donors (Lipinski definition) is 2. The third kappa shape index (κ3) is 3.66. The maximum absolute atomic E-state index is 13.8.